The number of aromatic nitrogens is 1. The monoisotopic (exact) mass is 342 g/mol. The maximum absolute atomic E-state index is 13.0. The van der Waals surface area contributed by atoms with Crippen LogP contribution in [0.5, 0.6) is 0 Å². The predicted molar refractivity (Wildman–Crippen MR) is 95.4 cm³/mol. The van der Waals surface area contributed by atoms with Crippen molar-refractivity contribution in [3.8, 4) is 0 Å². The lowest BCUT2D eigenvalue weighted by molar-refractivity contribution is -0.127. The minimum absolute atomic E-state index is 0.0578. The molecule has 0 unspecified atom stereocenters. The van der Waals surface area contributed by atoms with Crippen molar-refractivity contribution in [1.29, 1.82) is 0 Å². The molecule has 0 N–H and O–H groups in total. The SMILES string of the molecule is O=C([C@H]1CCCO1)N(Cc1ccccc1)c1nc2c(s1)CCCC2. The summed E-state index contributed by atoms with van der Waals surface area (Å²) >= 11 is 1.69. The van der Waals surface area contributed by atoms with Crippen molar-refractivity contribution in [3.05, 3.63) is 46.5 Å². The highest BCUT2D eigenvalue weighted by Gasteiger charge is 2.31. The smallest absolute Gasteiger partial charge is 0.258 e. The summed E-state index contributed by atoms with van der Waals surface area (Å²) in [4.78, 5) is 21.0. The summed E-state index contributed by atoms with van der Waals surface area (Å²) < 4.78 is 5.64. The Labute approximate surface area is 146 Å². The van der Waals surface area contributed by atoms with Crippen LogP contribution in [0.25, 0.3) is 0 Å². The highest BCUT2D eigenvalue weighted by atomic mass is 32.1. The Morgan fingerprint density at radius 1 is 1.21 bits per heavy atom. The van der Waals surface area contributed by atoms with Gasteiger partial charge in [-0.3, -0.25) is 9.69 Å². The zero-order valence-electron chi connectivity index (χ0n) is 13.7. The van der Waals surface area contributed by atoms with Crippen LogP contribution in [0.15, 0.2) is 30.3 Å². The summed E-state index contributed by atoms with van der Waals surface area (Å²) in [7, 11) is 0. The second-order valence-corrected chi connectivity index (χ2v) is 7.55. The van der Waals surface area contributed by atoms with E-state index >= 15 is 0 Å². The first-order valence-electron chi connectivity index (χ1n) is 8.77. The van der Waals surface area contributed by atoms with E-state index in [2.05, 4.69) is 12.1 Å². The summed E-state index contributed by atoms with van der Waals surface area (Å²) in [6, 6.07) is 10.1. The molecule has 126 valence electrons. The molecule has 0 saturated carbocycles. The van der Waals surface area contributed by atoms with Crippen molar-refractivity contribution in [3.63, 3.8) is 0 Å². The van der Waals surface area contributed by atoms with E-state index in [1.807, 2.05) is 23.1 Å². The van der Waals surface area contributed by atoms with Crippen LogP contribution in [-0.4, -0.2) is 23.6 Å². The van der Waals surface area contributed by atoms with Gasteiger partial charge in [0.25, 0.3) is 5.91 Å². The number of rotatable bonds is 4. The van der Waals surface area contributed by atoms with Crippen LogP contribution in [0.3, 0.4) is 0 Å². The fraction of sp³-hybridized carbons (Fsp3) is 0.474. The molecule has 1 aliphatic heterocycles. The van der Waals surface area contributed by atoms with Crippen LogP contribution < -0.4 is 4.90 Å². The highest BCUT2D eigenvalue weighted by molar-refractivity contribution is 7.15. The first-order chi connectivity index (χ1) is 11.8. The molecule has 1 atom stereocenters. The third-order valence-electron chi connectivity index (χ3n) is 4.72. The van der Waals surface area contributed by atoms with Crippen LogP contribution in [0.4, 0.5) is 5.13 Å². The third-order valence-corrected chi connectivity index (χ3v) is 5.90. The Kier molecular flexibility index (Phi) is 4.63. The molecule has 0 radical (unpaired) electrons. The molecule has 2 aromatic rings. The molecule has 1 fully saturated rings. The van der Waals surface area contributed by atoms with Gasteiger partial charge in [0.1, 0.15) is 6.10 Å². The number of hydrogen-bond acceptors (Lipinski definition) is 4. The molecule has 5 heteroatoms. The minimum atomic E-state index is -0.311. The summed E-state index contributed by atoms with van der Waals surface area (Å²) in [5, 5.41) is 0.839. The van der Waals surface area contributed by atoms with Gasteiger partial charge >= 0.3 is 0 Å². The van der Waals surface area contributed by atoms with Crippen LogP contribution >= 0.6 is 11.3 Å². The third kappa shape index (κ3) is 3.23. The lowest BCUT2D eigenvalue weighted by Crippen LogP contribution is -2.38. The normalized spacial score (nSPS) is 19.9. The number of nitrogens with zero attached hydrogens (tertiary/aromatic N) is 2. The number of benzene rings is 1. The van der Waals surface area contributed by atoms with Gasteiger partial charge in [-0.15, -0.1) is 11.3 Å². The number of thiazole rings is 1. The number of carbonyl (C=O) groups is 1. The van der Waals surface area contributed by atoms with Crippen LogP contribution in [0.2, 0.25) is 0 Å². The van der Waals surface area contributed by atoms with E-state index in [0.29, 0.717) is 13.2 Å². The average Bonchev–Trinajstić information content (AvgIpc) is 3.29. The largest absolute Gasteiger partial charge is 0.368 e. The quantitative estimate of drug-likeness (QED) is 0.850. The molecule has 2 aliphatic rings. The van der Waals surface area contributed by atoms with E-state index in [-0.39, 0.29) is 12.0 Å². The lowest BCUT2D eigenvalue weighted by atomic mass is 10.0. The van der Waals surface area contributed by atoms with Crippen molar-refractivity contribution in [2.75, 3.05) is 11.5 Å². The first-order valence-corrected chi connectivity index (χ1v) is 9.58. The van der Waals surface area contributed by atoms with Crippen molar-refractivity contribution in [2.45, 2.75) is 51.2 Å². The predicted octanol–water partition coefficient (Wildman–Crippen LogP) is 3.73. The summed E-state index contributed by atoms with van der Waals surface area (Å²) in [5.41, 5.74) is 2.32. The van der Waals surface area contributed by atoms with Crippen LogP contribution in [-0.2, 0) is 28.9 Å². The maximum atomic E-state index is 13.0. The van der Waals surface area contributed by atoms with Gasteiger partial charge in [0.15, 0.2) is 5.13 Å². The van der Waals surface area contributed by atoms with Crippen molar-refractivity contribution in [2.24, 2.45) is 0 Å². The van der Waals surface area contributed by atoms with E-state index in [1.165, 1.54) is 23.4 Å². The van der Waals surface area contributed by atoms with E-state index in [0.717, 1.165) is 36.4 Å². The van der Waals surface area contributed by atoms with Gasteiger partial charge in [-0.1, -0.05) is 30.3 Å². The number of anilines is 1. The fourth-order valence-corrected chi connectivity index (χ4v) is 4.56. The second kappa shape index (κ2) is 7.03. The Morgan fingerprint density at radius 2 is 2.04 bits per heavy atom. The molecular formula is C19H22N2O2S. The number of carbonyl (C=O) groups excluding carboxylic acids is 1. The zero-order valence-corrected chi connectivity index (χ0v) is 14.6. The molecule has 2 heterocycles. The van der Waals surface area contributed by atoms with Crippen molar-refractivity contribution >= 4 is 22.4 Å². The number of aryl methyl sites for hydroxylation is 2. The van der Waals surface area contributed by atoms with E-state index < -0.39 is 0 Å². The van der Waals surface area contributed by atoms with Gasteiger partial charge in [0.2, 0.25) is 0 Å². The van der Waals surface area contributed by atoms with Gasteiger partial charge in [-0.2, -0.15) is 0 Å². The zero-order chi connectivity index (χ0) is 16.4. The molecule has 1 aliphatic carbocycles. The maximum Gasteiger partial charge on any atom is 0.258 e. The topological polar surface area (TPSA) is 42.4 Å². The molecule has 24 heavy (non-hydrogen) atoms. The average molecular weight is 342 g/mol. The van der Waals surface area contributed by atoms with Gasteiger partial charge < -0.3 is 4.74 Å². The summed E-state index contributed by atoms with van der Waals surface area (Å²) in [6.45, 7) is 1.25. The summed E-state index contributed by atoms with van der Waals surface area (Å²) in [6.07, 6.45) is 6.04. The molecule has 1 saturated heterocycles. The fourth-order valence-electron chi connectivity index (χ4n) is 3.41. The number of amides is 1. The Bertz CT molecular complexity index is 684. The molecular weight excluding hydrogens is 320 g/mol. The van der Waals surface area contributed by atoms with E-state index in [9.17, 15) is 4.79 Å². The lowest BCUT2D eigenvalue weighted by Gasteiger charge is -2.23. The molecule has 1 aromatic carbocycles. The molecule has 4 nitrogen and oxygen atoms in total. The molecule has 0 spiro atoms. The van der Waals surface area contributed by atoms with Crippen molar-refractivity contribution < 1.29 is 9.53 Å². The number of hydrogen-bond donors (Lipinski definition) is 0. The van der Waals surface area contributed by atoms with Crippen molar-refractivity contribution in [1.82, 2.24) is 4.98 Å². The standard InChI is InChI=1S/C19H22N2O2S/c22-18(16-10-6-12-23-16)21(13-14-7-2-1-3-8-14)19-20-15-9-4-5-11-17(15)24-19/h1-3,7-8,16H,4-6,9-13H2/t16-/m1/s1. The molecule has 0 bridgehead atoms. The first kappa shape index (κ1) is 15.8. The van der Waals surface area contributed by atoms with Crippen LogP contribution in [0.1, 0.15) is 41.8 Å². The Balaban J connectivity index is 1.64. The van der Waals surface area contributed by atoms with Gasteiger partial charge in [-0.25, -0.2) is 4.98 Å². The molecule has 1 amide bonds. The second-order valence-electron chi connectivity index (χ2n) is 6.49. The van der Waals surface area contributed by atoms with Gasteiger partial charge in [0, 0.05) is 11.5 Å². The van der Waals surface area contributed by atoms with Gasteiger partial charge in [0.05, 0.1) is 12.2 Å². The summed E-state index contributed by atoms with van der Waals surface area (Å²) in [5.74, 6) is 0.0578. The number of ether oxygens (including phenoxy) is 1. The van der Waals surface area contributed by atoms with Gasteiger partial charge in [-0.05, 0) is 44.1 Å². The highest BCUT2D eigenvalue weighted by Crippen LogP contribution is 2.33. The minimum Gasteiger partial charge on any atom is -0.368 e. The Hall–Kier alpha value is -1.72. The van der Waals surface area contributed by atoms with E-state index in [4.69, 9.17) is 9.72 Å². The Morgan fingerprint density at radius 3 is 2.79 bits per heavy atom. The molecule has 1 aromatic heterocycles. The van der Waals surface area contributed by atoms with Crippen LogP contribution in [0, 0.1) is 0 Å². The number of fused-ring (bicyclic) bond motifs is 1. The van der Waals surface area contributed by atoms with E-state index in [1.54, 1.807) is 11.3 Å². The molecule has 4 rings (SSSR count).